The lowest BCUT2D eigenvalue weighted by molar-refractivity contribution is -0.882. The van der Waals surface area contributed by atoms with Gasteiger partial charge >= 0.3 is 0 Å². The van der Waals surface area contributed by atoms with Crippen LogP contribution in [0.25, 0.3) is 0 Å². The van der Waals surface area contributed by atoms with Crippen molar-refractivity contribution in [3.63, 3.8) is 0 Å². The Hall–Kier alpha value is -1.50. The number of methoxy groups -OCH3 is 2. The Morgan fingerprint density at radius 3 is 2.25 bits per heavy atom. The Bertz CT molecular complexity index is 570. The molecule has 0 saturated heterocycles. The van der Waals surface area contributed by atoms with E-state index in [9.17, 15) is 9.90 Å². The van der Waals surface area contributed by atoms with E-state index in [1.807, 2.05) is 7.05 Å². The highest BCUT2D eigenvalue weighted by Gasteiger charge is 2.22. The minimum absolute atomic E-state index is 0. The summed E-state index contributed by atoms with van der Waals surface area (Å²) in [6.07, 6.45) is 5.73. The third-order valence-corrected chi connectivity index (χ3v) is 5.21. The first-order valence-electron chi connectivity index (χ1n) is 9.89. The summed E-state index contributed by atoms with van der Waals surface area (Å²) in [5.41, 5.74) is 0. The zero-order valence-corrected chi connectivity index (χ0v) is 18.0. The van der Waals surface area contributed by atoms with Gasteiger partial charge in [0.05, 0.1) is 34.2 Å². The monoisotopic (exact) mass is 415 g/mol. The molecule has 0 heterocycles. The van der Waals surface area contributed by atoms with Crippen LogP contribution in [-0.2, 0) is 4.79 Å². The maximum atomic E-state index is 12.3. The maximum absolute atomic E-state index is 12.3. The second-order valence-corrected chi connectivity index (χ2v) is 7.48. The lowest BCUT2D eigenvalue weighted by atomic mass is 9.85. The summed E-state index contributed by atoms with van der Waals surface area (Å²) in [5.74, 6) is 2.53. The van der Waals surface area contributed by atoms with Crippen LogP contribution in [0.3, 0.4) is 0 Å². The molecule has 28 heavy (non-hydrogen) atoms. The number of rotatable bonds is 11. The number of ketones is 1. The first kappa shape index (κ1) is 24.5. The van der Waals surface area contributed by atoms with Crippen LogP contribution in [0.15, 0.2) is 18.2 Å². The van der Waals surface area contributed by atoms with Crippen molar-refractivity contribution in [2.24, 2.45) is 5.92 Å². The van der Waals surface area contributed by atoms with Crippen molar-refractivity contribution in [1.29, 1.82) is 0 Å². The summed E-state index contributed by atoms with van der Waals surface area (Å²) in [6.45, 7) is 1.47. The van der Waals surface area contributed by atoms with Gasteiger partial charge in [-0.15, -0.1) is 0 Å². The molecule has 1 aromatic carbocycles. The fraction of sp³-hybridized carbons (Fsp3) is 0.667. The van der Waals surface area contributed by atoms with Crippen LogP contribution in [0.1, 0.15) is 38.5 Å². The molecule has 1 saturated carbocycles. The summed E-state index contributed by atoms with van der Waals surface area (Å²) in [6, 6.07) is 5.29. The molecule has 2 rings (SSSR count). The molecule has 6 nitrogen and oxygen atoms in total. The molecule has 1 aliphatic rings. The fourth-order valence-electron chi connectivity index (χ4n) is 3.59. The van der Waals surface area contributed by atoms with Crippen LogP contribution in [0, 0.1) is 5.92 Å². The normalized spacial score (nSPS) is 16.6. The molecule has 1 fully saturated rings. The average Bonchev–Trinajstić information content (AvgIpc) is 2.70. The quantitative estimate of drug-likeness (QED) is 0.460. The molecule has 0 radical (unpaired) electrons. The first-order chi connectivity index (χ1) is 13.0. The Labute approximate surface area is 174 Å². The van der Waals surface area contributed by atoms with E-state index in [0.29, 0.717) is 36.0 Å². The van der Waals surface area contributed by atoms with E-state index < -0.39 is 6.10 Å². The van der Waals surface area contributed by atoms with Crippen LogP contribution >= 0.6 is 0 Å². The number of halogens is 1. The molecular formula is C21H34ClNO5. The van der Waals surface area contributed by atoms with Gasteiger partial charge in [0.25, 0.3) is 0 Å². The zero-order valence-electron chi connectivity index (χ0n) is 17.2. The highest BCUT2D eigenvalue weighted by molar-refractivity contribution is 5.81. The number of hydrogen-bond donors (Lipinski definition) is 2. The number of aliphatic hydroxyl groups excluding tert-OH is 1. The van der Waals surface area contributed by atoms with E-state index >= 15 is 0 Å². The van der Waals surface area contributed by atoms with Gasteiger partial charge in [-0.3, -0.25) is 4.79 Å². The third-order valence-electron chi connectivity index (χ3n) is 5.21. The molecule has 1 aliphatic carbocycles. The van der Waals surface area contributed by atoms with Gasteiger partial charge in [0.1, 0.15) is 42.3 Å². The van der Waals surface area contributed by atoms with Crippen molar-refractivity contribution in [3.8, 4) is 17.2 Å². The van der Waals surface area contributed by atoms with Gasteiger partial charge < -0.3 is 36.6 Å². The summed E-state index contributed by atoms with van der Waals surface area (Å²) >= 11 is 0. The number of likely N-dealkylation sites (N-methyl/N-ethyl adjacent to an activating group) is 1. The number of hydrogen-bond acceptors (Lipinski definition) is 5. The van der Waals surface area contributed by atoms with Gasteiger partial charge in [-0.2, -0.15) is 0 Å². The van der Waals surface area contributed by atoms with Gasteiger partial charge in [0.15, 0.2) is 0 Å². The number of Topliss-reactive ketones (excluding diaryl/α,β-unsaturated/α-hetero) is 1. The summed E-state index contributed by atoms with van der Waals surface area (Å²) in [4.78, 5) is 13.4. The molecule has 2 unspecified atom stereocenters. The van der Waals surface area contributed by atoms with Crippen molar-refractivity contribution in [2.45, 2.75) is 44.6 Å². The number of quaternary nitrogens is 1. The van der Waals surface area contributed by atoms with Gasteiger partial charge in [-0.1, -0.05) is 19.3 Å². The Balaban J connectivity index is 0.00000392. The average molecular weight is 416 g/mol. The summed E-state index contributed by atoms with van der Waals surface area (Å²) < 4.78 is 16.1. The Morgan fingerprint density at radius 2 is 1.68 bits per heavy atom. The standard InChI is InChI=1S/C21H33NO5.ClH/c1-22(10-9-21(24)16-7-5-4-6-8-16)14-17(23)15-27-20-12-18(25-2)11-19(13-20)26-3;/h11-13,16-17,23H,4-10,14-15H2,1-3H3;1H. The molecule has 0 amide bonds. The minimum Gasteiger partial charge on any atom is -1.00 e. The summed E-state index contributed by atoms with van der Waals surface area (Å²) in [5, 5.41) is 10.3. The number of aliphatic hydroxyl groups is 1. The molecule has 0 bridgehead atoms. The first-order valence-corrected chi connectivity index (χ1v) is 9.89. The number of carbonyl (C=O) groups is 1. The van der Waals surface area contributed by atoms with Gasteiger partial charge in [-0.25, -0.2) is 0 Å². The van der Waals surface area contributed by atoms with E-state index in [-0.39, 0.29) is 24.9 Å². The molecule has 1 aromatic rings. The molecule has 160 valence electrons. The van der Waals surface area contributed by atoms with Crippen LogP contribution < -0.4 is 31.5 Å². The lowest BCUT2D eigenvalue weighted by Crippen LogP contribution is -3.10. The second-order valence-electron chi connectivity index (χ2n) is 7.48. The molecule has 7 heteroatoms. The van der Waals surface area contributed by atoms with E-state index in [1.165, 1.54) is 19.3 Å². The van der Waals surface area contributed by atoms with Gasteiger partial charge in [-0.05, 0) is 12.8 Å². The van der Waals surface area contributed by atoms with E-state index in [2.05, 4.69) is 0 Å². The van der Waals surface area contributed by atoms with Crippen LogP contribution in [-0.4, -0.2) is 58.0 Å². The SMILES string of the molecule is COc1cc(OC)cc(OCC(O)C[NH+](C)CCC(=O)C2CCCCC2)c1.[Cl-]. The van der Waals surface area contributed by atoms with Crippen molar-refractivity contribution >= 4 is 5.78 Å². The van der Waals surface area contributed by atoms with Crippen molar-refractivity contribution in [3.05, 3.63) is 18.2 Å². The Kier molecular flexibility index (Phi) is 11.3. The number of benzene rings is 1. The van der Waals surface area contributed by atoms with Gasteiger partial charge in [0.2, 0.25) is 0 Å². The predicted molar refractivity (Wildman–Crippen MR) is 104 cm³/mol. The van der Waals surface area contributed by atoms with Crippen LogP contribution in [0.4, 0.5) is 0 Å². The minimum atomic E-state index is -0.605. The topological polar surface area (TPSA) is 69.4 Å². The van der Waals surface area contributed by atoms with E-state index in [1.54, 1.807) is 32.4 Å². The largest absolute Gasteiger partial charge is 1.00 e. The number of carbonyl (C=O) groups excluding carboxylic acids is 1. The number of ether oxygens (including phenoxy) is 3. The highest BCUT2D eigenvalue weighted by atomic mass is 35.5. The molecule has 0 spiro atoms. The lowest BCUT2D eigenvalue weighted by Gasteiger charge is -2.22. The van der Waals surface area contributed by atoms with Crippen LogP contribution in [0.5, 0.6) is 17.2 Å². The second kappa shape index (κ2) is 12.9. The van der Waals surface area contributed by atoms with Crippen molar-refractivity contribution in [1.82, 2.24) is 0 Å². The molecular weight excluding hydrogens is 382 g/mol. The zero-order chi connectivity index (χ0) is 19.6. The van der Waals surface area contributed by atoms with E-state index in [4.69, 9.17) is 14.2 Å². The maximum Gasteiger partial charge on any atom is 0.141 e. The Morgan fingerprint density at radius 1 is 1.11 bits per heavy atom. The van der Waals surface area contributed by atoms with Gasteiger partial charge in [0, 0.05) is 24.1 Å². The highest BCUT2D eigenvalue weighted by Crippen LogP contribution is 2.27. The molecule has 0 aliphatic heterocycles. The molecule has 0 aromatic heterocycles. The molecule has 2 atom stereocenters. The fourth-order valence-corrected chi connectivity index (χ4v) is 3.59. The van der Waals surface area contributed by atoms with Crippen molar-refractivity contribution in [2.75, 3.05) is 41.0 Å². The van der Waals surface area contributed by atoms with Crippen molar-refractivity contribution < 1.29 is 41.4 Å². The number of nitrogens with one attached hydrogen (secondary N) is 1. The molecule has 2 N–H and O–H groups in total. The third kappa shape index (κ3) is 8.25. The summed E-state index contributed by atoms with van der Waals surface area (Å²) in [7, 11) is 5.17. The van der Waals surface area contributed by atoms with Crippen LogP contribution in [0.2, 0.25) is 0 Å². The smallest absolute Gasteiger partial charge is 0.141 e. The van der Waals surface area contributed by atoms with E-state index in [0.717, 1.165) is 24.3 Å². The predicted octanol–water partition coefficient (Wildman–Crippen LogP) is -1.50.